The molecule has 0 saturated carbocycles. The fourth-order valence-electron chi connectivity index (χ4n) is 4.69. The summed E-state index contributed by atoms with van der Waals surface area (Å²) < 4.78 is 8.02. The SMILES string of the molecule is COc1cc2c3c4c(cccc4n(-c4cc(C(C)(C)C)ccn4)c3c1)[Si]2(C)C. The Morgan fingerprint density at radius 1 is 0.929 bits per heavy atom. The zero-order valence-electron chi connectivity index (χ0n) is 17.4. The lowest BCUT2D eigenvalue weighted by Crippen LogP contribution is -2.49. The van der Waals surface area contributed by atoms with Crippen LogP contribution in [-0.4, -0.2) is 24.7 Å². The largest absolute Gasteiger partial charge is 0.497 e. The summed E-state index contributed by atoms with van der Waals surface area (Å²) in [7, 11) is 0.0393. The van der Waals surface area contributed by atoms with Gasteiger partial charge in [-0.1, -0.05) is 46.0 Å². The third-order valence-electron chi connectivity index (χ3n) is 6.29. The van der Waals surface area contributed by atoms with Crippen molar-refractivity contribution in [3.8, 4) is 11.6 Å². The van der Waals surface area contributed by atoms with Gasteiger partial charge in [-0.05, 0) is 45.6 Å². The fraction of sp³-hybridized carbons (Fsp3) is 0.292. The molecule has 0 bridgehead atoms. The Kier molecular flexibility index (Phi) is 3.42. The molecule has 0 spiro atoms. The minimum atomic E-state index is -1.72. The number of aromatic nitrogens is 2. The van der Waals surface area contributed by atoms with E-state index in [-0.39, 0.29) is 5.41 Å². The second-order valence-corrected chi connectivity index (χ2v) is 13.7. The van der Waals surface area contributed by atoms with E-state index >= 15 is 0 Å². The van der Waals surface area contributed by atoms with Crippen molar-refractivity contribution in [1.82, 2.24) is 9.55 Å². The van der Waals surface area contributed by atoms with Crippen LogP contribution < -0.4 is 15.1 Å². The molecule has 5 rings (SSSR count). The number of pyridine rings is 1. The van der Waals surface area contributed by atoms with Crippen LogP contribution in [0.3, 0.4) is 0 Å². The average Bonchev–Trinajstić information content (AvgIpc) is 3.11. The van der Waals surface area contributed by atoms with Crippen molar-refractivity contribution >= 4 is 40.3 Å². The van der Waals surface area contributed by atoms with Crippen molar-refractivity contribution in [3.05, 3.63) is 54.2 Å². The zero-order valence-corrected chi connectivity index (χ0v) is 18.4. The molecule has 0 unspecified atom stereocenters. The van der Waals surface area contributed by atoms with Gasteiger partial charge < -0.3 is 4.74 Å². The van der Waals surface area contributed by atoms with Gasteiger partial charge in [0.2, 0.25) is 0 Å². The molecule has 0 radical (unpaired) electrons. The van der Waals surface area contributed by atoms with Crippen LogP contribution in [0.15, 0.2) is 48.7 Å². The quantitative estimate of drug-likeness (QED) is 0.470. The number of hydrogen-bond donors (Lipinski definition) is 0. The van der Waals surface area contributed by atoms with Crippen molar-refractivity contribution in [2.45, 2.75) is 39.3 Å². The maximum atomic E-state index is 5.70. The highest BCUT2D eigenvalue weighted by Crippen LogP contribution is 2.38. The molecule has 4 heteroatoms. The second-order valence-electron chi connectivity index (χ2n) is 9.38. The molecule has 0 amide bonds. The standard InChI is InChI=1S/C24H26N2OSi/c1-24(2,3)15-10-11-25-21(12-15)26-17-8-7-9-19-22(17)23-18(26)13-16(27-4)14-20(23)28(19,5)6/h7-14H,1-6H3. The van der Waals surface area contributed by atoms with Gasteiger partial charge in [-0.25, -0.2) is 4.98 Å². The first-order chi connectivity index (χ1) is 13.2. The van der Waals surface area contributed by atoms with E-state index in [0.29, 0.717) is 0 Å². The molecule has 0 N–H and O–H groups in total. The predicted octanol–water partition coefficient (Wildman–Crippen LogP) is 4.62. The van der Waals surface area contributed by atoms with E-state index < -0.39 is 8.07 Å². The van der Waals surface area contributed by atoms with Gasteiger partial charge in [-0.2, -0.15) is 0 Å². The summed E-state index contributed by atoms with van der Waals surface area (Å²) in [6.45, 7) is 11.6. The van der Waals surface area contributed by atoms with Crippen molar-refractivity contribution < 1.29 is 4.74 Å². The summed E-state index contributed by atoms with van der Waals surface area (Å²) >= 11 is 0. The second kappa shape index (κ2) is 5.48. The maximum Gasteiger partial charge on any atom is 0.137 e. The van der Waals surface area contributed by atoms with Crippen LogP contribution in [-0.2, 0) is 5.41 Å². The third kappa shape index (κ3) is 2.18. The molecule has 3 nitrogen and oxygen atoms in total. The summed E-state index contributed by atoms with van der Waals surface area (Å²) in [5, 5.41) is 5.79. The predicted molar refractivity (Wildman–Crippen MR) is 121 cm³/mol. The molecule has 28 heavy (non-hydrogen) atoms. The highest BCUT2D eigenvalue weighted by atomic mass is 28.3. The molecule has 4 aromatic rings. The number of rotatable bonds is 2. The Bertz CT molecular complexity index is 1260. The molecule has 0 fully saturated rings. The lowest BCUT2D eigenvalue weighted by Gasteiger charge is -2.23. The molecular formula is C24H26N2OSi. The lowest BCUT2D eigenvalue weighted by atomic mass is 9.88. The third-order valence-corrected chi connectivity index (χ3v) is 9.79. The summed E-state index contributed by atoms with van der Waals surface area (Å²) in [5.74, 6) is 1.91. The van der Waals surface area contributed by atoms with Crippen molar-refractivity contribution in [1.29, 1.82) is 0 Å². The van der Waals surface area contributed by atoms with E-state index in [1.165, 1.54) is 37.7 Å². The topological polar surface area (TPSA) is 27.1 Å². The molecule has 0 saturated heterocycles. The highest BCUT2D eigenvalue weighted by molar-refractivity contribution is 7.05. The van der Waals surface area contributed by atoms with Gasteiger partial charge in [-0.15, -0.1) is 0 Å². The van der Waals surface area contributed by atoms with Crippen LogP contribution in [0.2, 0.25) is 13.1 Å². The van der Waals surface area contributed by atoms with Crippen molar-refractivity contribution in [2.75, 3.05) is 7.11 Å². The van der Waals surface area contributed by atoms with Crippen LogP contribution >= 0.6 is 0 Å². The van der Waals surface area contributed by atoms with E-state index in [2.05, 4.69) is 80.9 Å². The van der Waals surface area contributed by atoms with Crippen LogP contribution in [0, 0.1) is 0 Å². The molecule has 2 aromatic heterocycles. The first kappa shape index (κ1) is 17.5. The fourth-order valence-corrected chi connectivity index (χ4v) is 7.75. The van der Waals surface area contributed by atoms with Crippen LogP contribution in [0.1, 0.15) is 26.3 Å². The summed E-state index contributed by atoms with van der Waals surface area (Å²) in [6, 6.07) is 15.5. The molecule has 3 heterocycles. The highest BCUT2D eigenvalue weighted by Gasteiger charge is 2.38. The van der Waals surface area contributed by atoms with Gasteiger partial charge in [-0.3, -0.25) is 4.57 Å². The Morgan fingerprint density at radius 3 is 2.39 bits per heavy atom. The first-order valence-corrected chi connectivity index (χ1v) is 12.9. The molecule has 1 aliphatic heterocycles. The zero-order chi connectivity index (χ0) is 19.8. The molecule has 142 valence electrons. The van der Waals surface area contributed by atoms with Gasteiger partial charge >= 0.3 is 0 Å². The van der Waals surface area contributed by atoms with Gasteiger partial charge in [0.05, 0.1) is 18.1 Å². The van der Waals surface area contributed by atoms with Crippen molar-refractivity contribution in [3.63, 3.8) is 0 Å². The average molecular weight is 387 g/mol. The van der Waals surface area contributed by atoms with Crippen molar-refractivity contribution in [2.24, 2.45) is 0 Å². The van der Waals surface area contributed by atoms with E-state index in [0.717, 1.165) is 11.6 Å². The molecule has 1 aliphatic rings. The van der Waals surface area contributed by atoms with E-state index in [9.17, 15) is 0 Å². The summed E-state index contributed by atoms with van der Waals surface area (Å²) in [4.78, 5) is 4.77. The maximum absolute atomic E-state index is 5.70. The Labute approximate surface area is 167 Å². The Morgan fingerprint density at radius 2 is 1.68 bits per heavy atom. The minimum Gasteiger partial charge on any atom is -0.497 e. The number of hydrogen-bond acceptors (Lipinski definition) is 2. The van der Waals surface area contributed by atoms with Gasteiger partial charge in [0.25, 0.3) is 0 Å². The van der Waals surface area contributed by atoms with Crippen LogP contribution in [0.5, 0.6) is 5.75 Å². The number of nitrogens with zero attached hydrogens (tertiary/aromatic N) is 2. The van der Waals surface area contributed by atoms with Gasteiger partial charge in [0.1, 0.15) is 19.6 Å². The van der Waals surface area contributed by atoms with Gasteiger partial charge in [0, 0.05) is 23.0 Å². The Balaban J connectivity index is 1.94. The van der Waals surface area contributed by atoms with Crippen LogP contribution in [0.25, 0.3) is 27.6 Å². The normalized spacial score (nSPS) is 15.1. The molecule has 0 aliphatic carbocycles. The number of ether oxygens (including phenoxy) is 1. The molecule has 2 aromatic carbocycles. The van der Waals surface area contributed by atoms with Crippen LogP contribution in [0.4, 0.5) is 0 Å². The monoisotopic (exact) mass is 386 g/mol. The Hall–Kier alpha value is -2.59. The molecule has 0 atom stereocenters. The van der Waals surface area contributed by atoms with E-state index in [1.54, 1.807) is 7.11 Å². The lowest BCUT2D eigenvalue weighted by molar-refractivity contribution is 0.415. The number of methoxy groups -OCH3 is 1. The van der Waals surface area contributed by atoms with E-state index in [4.69, 9.17) is 9.72 Å². The molecular weight excluding hydrogens is 360 g/mol. The first-order valence-electron chi connectivity index (χ1n) is 9.86. The van der Waals surface area contributed by atoms with E-state index in [1.807, 2.05) is 6.20 Å². The number of benzene rings is 2. The smallest absolute Gasteiger partial charge is 0.137 e. The summed E-state index contributed by atoms with van der Waals surface area (Å²) in [6.07, 6.45) is 1.93. The summed E-state index contributed by atoms with van der Waals surface area (Å²) in [5.41, 5.74) is 3.82. The van der Waals surface area contributed by atoms with Gasteiger partial charge in [0.15, 0.2) is 0 Å². The minimum absolute atomic E-state index is 0.0798.